The van der Waals surface area contributed by atoms with Crippen LogP contribution in [0.5, 0.6) is 5.75 Å². The van der Waals surface area contributed by atoms with Gasteiger partial charge in [-0.2, -0.15) is 0 Å². The summed E-state index contributed by atoms with van der Waals surface area (Å²) in [7, 11) is 0. The van der Waals surface area contributed by atoms with E-state index in [4.69, 9.17) is 9.47 Å². The van der Waals surface area contributed by atoms with Crippen LogP contribution in [0, 0.1) is 5.82 Å². The van der Waals surface area contributed by atoms with Crippen LogP contribution in [0.3, 0.4) is 0 Å². The average molecular weight is 386 g/mol. The number of rotatable bonds is 1. The van der Waals surface area contributed by atoms with Crippen molar-refractivity contribution in [3.63, 3.8) is 0 Å². The van der Waals surface area contributed by atoms with Crippen LogP contribution in [0.15, 0.2) is 36.5 Å². The second-order valence-electron chi connectivity index (χ2n) is 8.15. The summed E-state index contributed by atoms with van der Waals surface area (Å²) < 4.78 is 25.2. The summed E-state index contributed by atoms with van der Waals surface area (Å²) >= 11 is 0. The van der Waals surface area contributed by atoms with Gasteiger partial charge < -0.3 is 14.8 Å². The maximum atomic E-state index is 13.8. The van der Waals surface area contributed by atoms with Crippen molar-refractivity contribution in [2.45, 2.75) is 51.7 Å². The number of nitrogens with zero attached hydrogens (tertiary/aromatic N) is 1. The quantitative estimate of drug-likeness (QED) is 0.587. The molecule has 1 aromatic heterocycles. The normalized spacial score (nSPS) is 18.4. The number of hydrogen-bond donors (Lipinski definition) is 1. The molecular weight excluding hydrogens is 363 g/mol. The summed E-state index contributed by atoms with van der Waals surface area (Å²) in [5.74, 6) is -2.35. The summed E-state index contributed by atoms with van der Waals surface area (Å²) in [5.41, 5.74) is -1.49. The molecule has 0 saturated heterocycles. The highest BCUT2D eigenvalue weighted by molar-refractivity contribution is 6.09. The topological polar surface area (TPSA) is 77.5 Å². The zero-order valence-corrected chi connectivity index (χ0v) is 16.5. The van der Waals surface area contributed by atoms with Gasteiger partial charge in [-0.05, 0) is 52.8 Å². The molecule has 1 aliphatic rings. The second-order valence-corrected chi connectivity index (χ2v) is 8.15. The SMILES string of the molecule is CC(C)(C)OC(=O)C1C(=O)C(C)(C)Oc2ccc(F)cc2Nc2ncccc21. The van der Waals surface area contributed by atoms with Crippen molar-refractivity contribution in [3.05, 3.63) is 47.9 Å². The lowest BCUT2D eigenvalue weighted by molar-refractivity contribution is -0.160. The molecule has 0 amide bonds. The van der Waals surface area contributed by atoms with Gasteiger partial charge in [0.25, 0.3) is 0 Å². The number of aromatic nitrogens is 1. The van der Waals surface area contributed by atoms with Crippen molar-refractivity contribution < 1.29 is 23.5 Å². The Morgan fingerprint density at radius 2 is 2.00 bits per heavy atom. The zero-order chi connectivity index (χ0) is 20.7. The highest BCUT2D eigenvalue weighted by Crippen LogP contribution is 2.39. The van der Waals surface area contributed by atoms with Crippen LogP contribution in [-0.4, -0.2) is 27.9 Å². The van der Waals surface area contributed by atoms with E-state index in [1.807, 2.05) is 0 Å². The molecule has 2 aromatic rings. The van der Waals surface area contributed by atoms with Crippen LogP contribution in [0.25, 0.3) is 0 Å². The molecular formula is C21H23FN2O4. The average Bonchev–Trinajstić information content (AvgIpc) is 2.59. The number of nitrogens with one attached hydrogen (secondary N) is 1. The zero-order valence-electron chi connectivity index (χ0n) is 16.5. The number of ether oxygens (including phenoxy) is 2. The van der Waals surface area contributed by atoms with E-state index >= 15 is 0 Å². The maximum Gasteiger partial charge on any atom is 0.321 e. The highest BCUT2D eigenvalue weighted by Gasteiger charge is 2.44. The van der Waals surface area contributed by atoms with Crippen molar-refractivity contribution in [2.24, 2.45) is 0 Å². The van der Waals surface area contributed by atoms with Crippen LogP contribution >= 0.6 is 0 Å². The van der Waals surface area contributed by atoms with Crippen molar-refractivity contribution in [2.75, 3.05) is 5.32 Å². The van der Waals surface area contributed by atoms with E-state index in [1.54, 1.807) is 46.8 Å². The molecule has 2 heterocycles. The number of carbonyl (C=O) groups excluding carboxylic acids is 2. The van der Waals surface area contributed by atoms with Gasteiger partial charge in [0.15, 0.2) is 11.4 Å². The Morgan fingerprint density at radius 1 is 1.29 bits per heavy atom. The monoisotopic (exact) mass is 386 g/mol. The molecule has 0 fully saturated rings. The van der Waals surface area contributed by atoms with Gasteiger partial charge in [-0.15, -0.1) is 0 Å². The number of anilines is 2. The van der Waals surface area contributed by atoms with Crippen molar-refractivity contribution in [1.82, 2.24) is 4.98 Å². The number of benzene rings is 1. The third-order valence-corrected chi connectivity index (χ3v) is 4.21. The maximum absolute atomic E-state index is 13.8. The lowest BCUT2D eigenvalue weighted by Crippen LogP contribution is -2.45. The van der Waals surface area contributed by atoms with Crippen molar-refractivity contribution in [1.29, 1.82) is 0 Å². The molecule has 0 radical (unpaired) electrons. The molecule has 148 valence electrons. The summed E-state index contributed by atoms with van der Waals surface area (Å²) in [6.07, 6.45) is 1.52. The van der Waals surface area contributed by atoms with E-state index in [0.717, 1.165) is 0 Å². The molecule has 28 heavy (non-hydrogen) atoms. The standard InChI is InChI=1S/C21H23FN2O4/c1-20(2,3)28-19(26)16-13-7-6-10-23-18(13)24-14-11-12(22)8-9-15(14)27-21(4,5)17(16)25/h6-11,16H,1-5H3,(H,23,24). The van der Waals surface area contributed by atoms with E-state index in [1.165, 1.54) is 24.4 Å². The fourth-order valence-corrected chi connectivity index (χ4v) is 2.98. The molecule has 1 atom stereocenters. The molecule has 6 nitrogen and oxygen atoms in total. The summed E-state index contributed by atoms with van der Waals surface area (Å²) in [6.45, 7) is 8.33. The van der Waals surface area contributed by atoms with Gasteiger partial charge in [-0.3, -0.25) is 9.59 Å². The summed E-state index contributed by atoms with van der Waals surface area (Å²) in [5, 5.41) is 2.99. The molecule has 1 aliphatic heterocycles. The van der Waals surface area contributed by atoms with Gasteiger partial charge in [0.2, 0.25) is 0 Å². The molecule has 0 saturated carbocycles. The first-order chi connectivity index (χ1) is 13.0. The lowest BCUT2D eigenvalue weighted by Gasteiger charge is -2.30. The molecule has 0 aliphatic carbocycles. The Balaban J connectivity index is 2.19. The van der Waals surface area contributed by atoms with Crippen LogP contribution in [0.2, 0.25) is 0 Å². The van der Waals surface area contributed by atoms with Gasteiger partial charge in [0.1, 0.15) is 28.9 Å². The first-order valence-corrected chi connectivity index (χ1v) is 8.95. The molecule has 3 rings (SSSR count). The molecule has 0 bridgehead atoms. The van der Waals surface area contributed by atoms with E-state index < -0.39 is 34.7 Å². The van der Waals surface area contributed by atoms with E-state index in [9.17, 15) is 14.0 Å². The highest BCUT2D eigenvalue weighted by atomic mass is 19.1. The van der Waals surface area contributed by atoms with Gasteiger partial charge in [-0.1, -0.05) is 6.07 Å². The Kier molecular flexibility index (Phi) is 4.87. The van der Waals surface area contributed by atoms with E-state index in [-0.39, 0.29) is 11.6 Å². The number of esters is 1. The largest absolute Gasteiger partial charge is 0.478 e. The summed E-state index contributed by atoms with van der Waals surface area (Å²) in [6, 6.07) is 7.18. The number of pyridine rings is 1. The number of halogens is 1. The number of Topliss-reactive ketones (excluding diaryl/α,β-unsaturated/α-hetero) is 1. The molecule has 7 heteroatoms. The van der Waals surface area contributed by atoms with Gasteiger partial charge >= 0.3 is 5.97 Å². The third-order valence-electron chi connectivity index (χ3n) is 4.21. The van der Waals surface area contributed by atoms with Crippen LogP contribution < -0.4 is 10.1 Å². The number of carbonyl (C=O) groups is 2. The van der Waals surface area contributed by atoms with Gasteiger partial charge in [-0.25, -0.2) is 9.37 Å². The third kappa shape index (κ3) is 3.98. The fraction of sp³-hybridized carbons (Fsp3) is 0.381. The molecule has 0 spiro atoms. The molecule has 1 unspecified atom stereocenters. The fourth-order valence-electron chi connectivity index (χ4n) is 2.98. The van der Waals surface area contributed by atoms with Crippen molar-refractivity contribution in [3.8, 4) is 5.75 Å². The van der Waals surface area contributed by atoms with E-state index in [0.29, 0.717) is 11.3 Å². The van der Waals surface area contributed by atoms with Gasteiger partial charge in [0, 0.05) is 17.8 Å². The Hall–Kier alpha value is -2.96. The van der Waals surface area contributed by atoms with Crippen LogP contribution in [0.4, 0.5) is 15.9 Å². The number of ketones is 1. The molecule has 1 aromatic carbocycles. The second kappa shape index (κ2) is 6.89. The predicted octanol–water partition coefficient (Wildman–Crippen LogP) is 4.13. The minimum Gasteiger partial charge on any atom is -0.478 e. The van der Waals surface area contributed by atoms with E-state index in [2.05, 4.69) is 10.3 Å². The molecule has 1 N–H and O–H groups in total. The number of fused-ring (bicyclic) bond motifs is 2. The van der Waals surface area contributed by atoms with Crippen LogP contribution in [0.1, 0.15) is 46.1 Å². The first-order valence-electron chi connectivity index (χ1n) is 8.95. The Bertz CT molecular complexity index is 934. The van der Waals surface area contributed by atoms with Crippen LogP contribution in [-0.2, 0) is 14.3 Å². The van der Waals surface area contributed by atoms with Crippen molar-refractivity contribution >= 4 is 23.3 Å². The Labute approximate surface area is 163 Å². The predicted molar refractivity (Wildman–Crippen MR) is 102 cm³/mol. The van der Waals surface area contributed by atoms with Gasteiger partial charge in [0.05, 0.1) is 5.69 Å². The smallest absolute Gasteiger partial charge is 0.321 e. The number of hydrogen-bond acceptors (Lipinski definition) is 6. The lowest BCUT2D eigenvalue weighted by atomic mass is 9.86. The minimum absolute atomic E-state index is 0.264. The minimum atomic E-state index is -1.37. The summed E-state index contributed by atoms with van der Waals surface area (Å²) in [4.78, 5) is 30.6. The Morgan fingerprint density at radius 3 is 2.68 bits per heavy atom. The first kappa shape index (κ1) is 19.8.